The van der Waals surface area contributed by atoms with Crippen molar-refractivity contribution in [2.75, 3.05) is 6.54 Å². The lowest BCUT2D eigenvalue weighted by Crippen LogP contribution is -2.59. The molecular formula is C43H47IN8O5. The predicted octanol–water partition coefficient (Wildman–Crippen LogP) is 3.12. The van der Waals surface area contributed by atoms with Crippen molar-refractivity contribution >= 4 is 79.6 Å². The average Bonchev–Trinajstić information content (AvgIpc) is 3.18. The number of carbonyl (C=O) groups is 5. The van der Waals surface area contributed by atoms with Crippen LogP contribution >= 0.6 is 22.6 Å². The quantitative estimate of drug-likeness (QED) is 0.0301. The summed E-state index contributed by atoms with van der Waals surface area (Å²) in [7, 11) is 0. The zero-order valence-electron chi connectivity index (χ0n) is 31.5. The minimum Gasteiger partial charge on any atom is -0.370 e. The van der Waals surface area contributed by atoms with E-state index >= 15 is 0 Å². The molecule has 0 bridgehead atoms. The van der Waals surface area contributed by atoms with Crippen molar-refractivity contribution in [2.45, 2.75) is 63.2 Å². The zero-order chi connectivity index (χ0) is 40.9. The van der Waals surface area contributed by atoms with E-state index in [2.05, 4.69) is 48.9 Å². The van der Waals surface area contributed by atoms with E-state index in [4.69, 9.17) is 17.2 Å². The highest BCUT2D eigenvalue weighted by atomic mass is 127. The van der Waals surface area contributed by atoms with Gasteiger partial charge < -0.3 is 38.5 Å². The summed E-state index contributed by atoms with van der Waals surface area (Å²) in [6.07, 6.45) is 0.751. The molecule has 0 aliphatic heterocycles. The molecule has 5 rings (SSSR count). The molecule has 5 amide bonds. The first-order valence-corrected chi connectivity index (χ1v) is 19.6. The Labute approximate surface area is 344 Å². The maximum Gasteiger partial charge on any atom is 0.243 e. The Balaban J connectivity index is 1.37. The van der Waals surface area contributed by atoms with Crippen LogP contribution in [0.15, 0.2) is 114 Å². The average molecular weight is 883 g/mol. The lowest BCUT2D eigenvalue weighted by atomic mass is 9.99. The van der Waals surface area contributed by atoms with Gasteiger partial charge in [-0.25, -0.2) is 0 Å². The summed E-state index contributed by atoms with van der Waals surface area (Å²) >= 11 is 2.17. The minimum atomic E-state index is -1.17. The second kappa shape index (κ2) is 20.2. The van der Waals surface area contributed by atoms with Gasteiger partial charge in [0, 0.05) is 36.3 Å². The monoisotopic (exact) mass is 882 g/mol. The van der Waals surface area contributed by atoms with Crippen molar-refractivity contribution in [2.24, 2.45) is 22.2 Å². The number of carbonyl (C=O) groups excluding carboxylic acids is 5. The van der Waals surface area contributed by atoms with Crippen LogP contribution in [0.3, 0.4) is 0 Å². The highest BCUT2D eigenvalue weighted by molar-refractivity contribution is 14.1. The summed E-state index contributed by atoms with van der Waals surface area (Å²) in [5.41, 5.74) is 19.2. The summed E-state index contributed by atoms with van der Waals surface area (Å²) < 4.78 is 0.978. The summed E-state index contributed by atoms with van der Waals surface area (Å²) in [5.74, 6) is -3.17. The van der Waals surface area contributed by atoms with E-state index in [0.29, 0.717) is 6.42 Å². The van der Waals surface area contributed by atoms with Crippen LogP contribution in [0, 0.1) is 3.57 Å². The third-order valence-corrected chi connectivity index (χ3v) is 10.1. The number of hydrogen-bond acceptors (Lipinski definition) is 6. The van der Waals surface area contributed by atoms with Crippen molar-refractivity contribution in [1.82, 2.24) is 21.3 Å². The highest BCUT2D eigenvalue weighted by Gasteiger charge is 2.31. The topological polar surface area (TPSA) is 224 Å². The maximum atomic E-state index is 14.2. The molecule has 0 saturated heterocycles. The first kappa shape index (κ1) is 42.1. The van der Waals surface area contributed by atoms with E-state index in [1.807, 2.05) is 109 Å². The van der Waals surface area contributed by atoms with Crippen LogP contribution < -0.4 is 38.5 Å². The lowest BCUT2D eigenvalue weighted by molar-refractivity contribution is -0.134. The summed E-state index contributed by atoms with van der Waals surface area (Å²) in [6.45, 7) is 1.49. The smallest absolute Gasteiger partial charge is 0.243 e. The number of halogens is 1. The standard InChI is InChI=1S/C43H47IN8O5/c1-26(53)49-37(25-29-13-17-31-8-3-5-10-33(31)22-29)41(56)50-35(11-6-20-48-43(46)47)40(55)52-38(23-27-14-18-34(44)19-15-27)42(57)51-36(39(45)54)24-28-12-16-30-7-2-4-9-32(30)21-28/h2-5,7-10,12-19,21-22,35-38H,6,11,20,23-25H2,1H3,(H2,45,54)(H,49,53)(H,50,56)(H,51,57)(H,52,55)(H4,46,47,48)/t35-,36-,37-,38+/m0/s1. The molecule has 10 N–H and O–H groups in total. The normalized spacial score (nSPS) is 13.1. The van der Waals surface area contributed by atoms with Crippen LogP contribution in [0.5, 0.6) is 0 Å². The van der Waals surface area contributed by atoms with Crippen LogP contribution in [0.4, 0.5) is 0 Å². The van der Waals surface area contributed by atoms with Crippen LogP contribution in [0.25, 0.3) is 21.5 Å². The molecule has 5 aromatic carbocycles. The Kier molecular flexibility index (Phi) is 14.9. The molecule has 0 unspecified atom stereocenters. The van der Waals surface area contributed by atoms with Crippen LogP contribution in [0.2, 0.25) is 0 Å². The molecule has 296 valence electrons. The molecule has 13 nitrogen and oxygen atoms in total. The van der Waals surface area contributed by atoms with Crippen molar-refractivity contribution in [3.05, 3.63) is 129 Å². The second-order valence-electron chi connectivity index (χ2n) is 13.9. The van der Waals surface area contributed by atoms with Crippen molar-refractivity contribution < 1.29 is 24.0 Å². The highest BCUT2D eigenvalue weighted by Crippen LogP contribution is 2.19. The Morgan fingerprint density at radius 2 is 1.00 bits per heavy atom. The molecule has 0 aromatic heterocycles. The first-order valence-electron chi connectivity index (χ1n) is 18.6. The Morgan fingerprint density at radius 1 is 0.561 bits per heavy atom. The number of fused-ring (bicyclic) bond motifs is 2. The molecular weight excluding hydrogens is 835 g/mol. The zero-order valence-corrected chi connectivity index (χ0v) is 33.7. The van der Waals surface area contributed by atoms with Gasteiger partial charge >= 0.3 is 0 Å². The Bertz CT molecular complexity index is 2260. The fraction of sp³-hybridized carbons (Fsp3) is 0.256. The molecule has 0 aliphatic rings. The molecule has 14 heteroatoms. The Hall–Kier alpha value is -6.03. The van der Waals surface area contributed by atoms with E-state index < -0.39 is 53.7 Å². The molecule has 57 heavy (non-hydrogen) atoms. The van der Waals surface area contributed by atoms with Crippen LogP contribution in [-0.2, 0) is 43.2 Å². The van der Waals surface area contributed by atoms with Gasteiger partial charge in [-0.2, -0.15) is 0 Å². The first-order chi connectivity index (χ1) is 27.3. The molecule has 0 spiro atoms. The fourth-order valence-electron chi connectivity index (χ4n) is 6.54. The molecule has 0 radical (unpaired) electrons. The number of aliphatic imine (C=N–C) groups is 1. The van der Waals surface area contributed by atoms with E-state index in [1.165, 1.54) is 6.92 Å². The number of primary amides is 1. The van der Waals surface area contributed by atoms with E-state index in [1.54, 1.807) is 0 Å². The summed E-state index contributed by atoms with van der Waals surface area (Å²) in [4.78, 5) is 71.2. The van der Waals surface area contributed by atoms with Gasteiger partial charge in [0.15, 0.2) is 5.96 Å². The van der Waals surface area contributed by atoms with Gasteiger partial charge in [0.25, 0.3) is 0 Å². The number of nitrogens with one attached hydrogen (secondary N) is 4. The largest absolute Gasteiger partial charge is 0.370 e. The predicted molar refractivity (Wildman–Crippen MR) is 231 cm³/mol. The number of amides is 5. The van der Waals surface area contributed by atoms with Crippen LogP contribution in [0.1, 0.15) is 36.5 Å². The number of guanidine groups is 1. The molecule has 0 aliphatic carbocycles. The van der Waals surface area contributed by atoms with Gasteiger partial charge in [-0.1, -0.05) is 97.1 Å². The second-order valence-corrected chi connectivity index (χ2v) is 15.1. The maximum absolute atomic E-state index is 14.2. The van der Waals surface area contributed by atoms with Crippen molar-refractivity contribution in [3.63, 3.8) is 0 Å². The molecule has 5 aromatic rings. The van der Waals surface area contributed by atoms with Crippen molar-refractivity contribution in [1.29, 1.82) is 0 Å². The van der Waals surface area contributed by atoms with Gasteiger partial charge in [0.1, 0.15) is 24.2 Å². The fourth-order valence-corrected chi connectivity index (χ4v) is 6.89. The van der Waals surface area contributed by atoms with E-state index in [9.17, 15) is 24.0 Å². The number of rotatable bonds is 18. The number of benzene rings is 5. The van der Waals surface area contributed by atoms with Gasteiger partial charge in [-0.15, -0.1) is 0 Å². The Morgan fingerprint density at radius 3 is 1.53 bits per heavy atom. The van der Waals surface area contributed by atoms with Gasteiger partial charge in [-0.3, -0.25) is 29.0 Å². The molecule has 0 saturated carbocycles. The van der Waals surface area contributed by atoms with E-state index in [0.717, 1.165) is 41.8 Å². The molecule has 0 heterocycles. The number of nitrogens with zero attached hydrogens (tertiary/aromatic N) is 1. The molecule has 0 fully saturated rings. The third-order valence-electron chi connectivity index (χ3n) is 9.43. The van der Waals surface area contributed by atoms with Crippen molar-refractivity contribution in [3.8, 4) is 0 Å². The lowest BCUT2D eigenvalue weighted by Gasteiger charge is -2.26. The summed E-state index contributed by atoms with van der Waals surface area (Å²) in [6, 6.07) is 30.1. The SMILES string of the molecule is CC(=O)N[C@@H](Cc1ccc2ccccc2c1)C(=O)N[C@@H](CCCN=C(N)N)C(=O)N[C@H](Cc1ccc(I)cc1)C(=O)N[C@@H](Cc1ccc2ccccc2c1)C(N)=O. The van der Waals surface area contributed by atoms with Gasteiger partial charge in [-0.05, 0) is 85.8 Å². The summed E-state index contributed by atoms with van der Waals surface area (Å²) in [5, 5.41) is 15.1. The minimum absolute atomic E-state index is 0.0705. The van der Waals surface area contributed by atoms with E-state index in [-0.39, 0.29) is 38.2 Å². The number of nitrogens with two attached hydrogens (primary N) is 3. The number of hydrogen-bond donors (Lipinski definition) is 7. The van der Waals surface area contributed by atoms with Crippen LogP contribution in [-0.4, -0.2) is 66.2 Å². The van der Waals surface area contributed by atoms with Gasteiger partial charge in [0.05, 0.1) is 0 Å². The molecule has 4 atom stereocenters. The third kappa shape index (κ3) is 12.7. The van der Waals surface area contributed by atoms with Gasteiger partial charge in [0.2, 0.25) is 29.5 Å².